The molecular weight excluding hydrogens is 355 g/mol. The van der Waals surface area contributed by atoms with Gasteiger partial charge in [-0.3, -0.25) is 4.79 Å². The summed E-state index contributed by atoms with van der Waals surface area (Å²) < 4.78 is 19.8. The molecule has 0 unspecified atom stereocenters. The van der Waals surface area contributed by atoms with Crippen molar-refractivity contribution in [2.75, 3.05) is 5.75 Å². The molecule has 3 aromatic rings. The normalized spacial score (nSPS) is 11.0. The van der Waals surface area contributed by atoms with Gasteiger partial charge < -0.3 is 4.42 Å². The highest BCUT2D eigenvalue weighted by atomic mass is 79.9. The second-order valence-electron chi connectivity index (χ2n) is 4.44. The molecule has 2 aromatic carbocycles. The summed E-state index contributed by atoms with van der Waals surface area (Å²) in [6.45, 7) is 0. The maximum absolute atomic E-state index is 13.5. The lowest BCUT2D eigenvalue weighted by Crippen LogP contribution is -2.00. The molecule has 3 rings (SSSR count). The Morgan fingerprint density at radius 1 is 1.19 bits per heavy atom. The molecule has 0 N–H and O–H groups in total. The van der Waals surface area contributed by atoms with Crippen molar-refractivity contribution in [1.29, 1.82) is 0 Å². The van der Waals surface area contributed by atoms with E-state index in [1.807, 2.05) is 24.3 Å². The van der Waals surface area contributed by atoms with Crippen LogP contribution in [-0.4, -0.2) is 11.5 Å². The Kier molecular flexibility index (Phi) is 4.12. The lowest BCUT2D eigenvalue weighted by molar-refractivity contribution is 0.0994. The Morgan fingerprint density at radius 2 is 2.00 bits per heavy atom. The highest BCUT2D eigenvalue weighted by Crippen LogP contribution is 2.26. The zero-order chi connectivity index (χ0) is 14.8. The van der Waals surface area contributed by atoms with E-state index >= 15 is 0 Å². The average molecular weight is 365 g/mol. The van der Waals surface area contributed by atoms with E-state index < -0.39 is 5.82 Å². The van der Waals surface area contributed by atoms with Gasteiger partial charge in [0.25, 0.3) is 0 Å². The molecule has 0 saturated carbocycles. The van der Waals surface area contributed by atoms with Crippen LogP contribution in [0.25, 0.3) is 11.0 Å². The van der Waals surface area contributed by atoms with Gasteiger partial charge in [0, 0.05) is 14.8 Å². The molecule has 1 aromatic heterocycles. The Labute approximate surface area is 133 Å². The Hall–Kier alpha value is -1.59. The second kappa shape index (κ2) is 6.03. The summed E-state index contributed by atoms with van der Waals surface area (Å²) >= 11 is 4.81. The predicted molar refractivity (Wildman–Crippen MR) is 85.4 cm³/mol. The molecule has 0 fully saturated rings. The molecule has 1 heterocycles. The third-order valence-corrected chi connectivity index (χ3v) is 4.42. The van der Waals surface area contributed by atoms with Crippen molar-refractivity contribution < 1.29 is 13.6 Å². The molecule has 0 aliphatic carbocycles. The van der Waals surface area contributed by atoms with Crippen molar-refractivity contribution in [3.05, 3.63) is 64.6 Å². The van der Waals surface area contributed by atoms with E-state index in [0.717, 1.165) is 9.37 Å². The van der Waals surface area contributed by atoms with E-state index in [1.165, 1.54) is 17.8 Å². The molecule has 0 atom stereocenters. The number of halogens is 2. The number of Topliss-reactive ketones (excluding diaryl/α,β-unsaturated/α-hetero) is 1. The lowest BCUT2D eigenvalue weighted by atomic mass is 10.2. The van der Waals surface area contributed by atoms with Crippen molar-refractivity contribution in [3.8, 4) is 0 Å². The quantitative estimate of drug-likeness (QED) is 0.464. The van der Waals surface area contributed by atoms with Crippen LogP contribution in [0.2, 0.25) is 0 Å². The maximum atomic E-state index is 13.5. The third kappa shape index (κ3) is 3.19. The van der Waals surface area contributed by atoms with Crippen molar-refractivity contribution in [1.82, 2.24) is 0 Å². The highest BCUT2D eigenvalue weighted by Gasteiger charge is 2.14. The van der Waals surface area contributed by atoms with E-state index in [-0.39, 0.29) is 22.9 Å². The van der Waals surface area contributed by atoms with Gasteiger partial charge in [0.05, 0.1) is 5.75 Å². The Morgan fingerprint density at radius 3 is 2.76 bits per heavy atom. The van der Waals surface area contributed by atoms with Gasteiger partial charge in [0.15, 0.2) is 17.2 Å². The number of carbonyl (C=O) groups excluding carboxylic acids is 1. The Balaban J connectivity index is 1.76. The number of hydrogen-bond donors (Lipinski definition) is 0. The molecule has 106 valence electrons. The van der Waals surface area contributed by atoms with E-state index in [4.69, 9.17) is 4.42 Å². The summed E-state index contributed by atoms with van der Waals surface area (Å²) in [5, 5.41) is 0.603. The largest absolute Gasteiger partial charge is 0.450 e. The summed E-state index contributed by atoms with van der Waals surface area (Å²) in [5.74, 6) is -0.169. The number of benzene rings is 2. The number of ketones is 1. The fourth-order valence-corrected chi connectivity index (χ4v) is 3.32. The molecule has 5 heteroatoms. The van der Waals surface area contributed by atoms with Crippen molar-refractivity contribution in [2.24, 2.45) is 0 Å². The summed E-state index contributed by atoms with van der Waals surface area (Å²) in [5.41, 5.74) is 0.133. The summed E-state index contributed by atoms with van der Waals surface area (Å²) in [4.78, 5) is 13.1. The third-order valence-electron chi connectivity index (χ3n) is 2.94. The first kappa shape index (κ1) is 14.4. The second-order valence-corrected chi connectivity index (χ2v) is 6.40. The minimum Gasteiger partial charge on any atom is -0.450 e. The van der Waals surface area contributed by atoms with E-state index in [0.29, 0.717) is 5.39 Å². The fourth-order valence-electron chi connectivity index (χ4n) is 1.94. The molecule has 0 bridgehead atoms. The van der Waals surface area contributed by atoms with Crippen molar-refractivity contribution >= 4 is 44.4 Å². The number of carbonyl (C=O) groups is 1. The topological polar surface area (TPSA) is 30.2 Å². The Bertz CT molecular complexity index is 813. The van der Waals surface area contributed by atoms with Gasteiger partial charge >= 0.3 is 0 Å². The lowest BCUT2D eigenvalue weighted by Gasteiger charge is -2.00. The minimum atomic E-state index is -0.453. The number of para-hydroxylation sites is 1. The summed E-state index contributed by atoms with van der Waals surface area (Å²) in [7, 11) is 0. The van der Waals surface area contributed by atoms with Crippen LogP contribution in [0.15, 0.2) is 62.3 Å². The molecule has 0 amide bonds. The van der Waals surface area contributed by atoms with Gasteiger partial charge in [-0.15, -0.1) is 11.8 Å². The van der Waals surface area contributed by atoms with Crippen LogP contribution in [0.1, 0.15) is 10.6 Å². The fraction of sp³-hybridized carbons (Fsp3) is 0.0625. The summed E-state index contributed by atoms with van der Waals surface area (Å²) in [6.07, 6.45) is 0. The summed E-state index contributed by atoms with van der Waals surface area (Å²) in [6, 6.07) is 13.9. The first-order chi connectivity index (χ1) is 10.1. The zero-order valence-electron chi connectivity index (χ0n) is 10.8. The monoisotopic (exact) mass is 364 g/mol. The minimum absolute atomic E-state index is 0.133. The van der Waals surface area contributed by atoms with Crippen LogP contribution < -0.4 is 0 Å². The number of rotatable bonds is 4. The van der Waals surface area contributed by atoms with Crippen molar-refractivity contribution in [3.63, 3.8) is 0 Å². The average Bonchev–Trinajstić information content (AvgIpc) is 2.90. The number of thioether (sulfide) groups is 1. The van der Waals surface area contributed by atoms with Crippen LogP contribution >= 0.6 is 27.7 Å². The van der Waals surface area contributed by atoms with Gasteiger partial charge in [-0.25, -0.2) is 4.39 Å². The van der Waals surface area contributed by atoms with E-state index in [2.05, 4.69) is 15.9 Å². The first-order valence-electron chi connectivity index (χ1n) is 6.23. The molecule has 0 radical (unpaired) electrons. The zero-order valence-corrected chi connectivity index (χ0v) is 13.2. The SMILES string of the molecule is O=C(CSc1cccc(Br)c1)c1cc2cccc(F)c2o1. The molecular formula is C16H10BrFO2S. The van der Waals surface area contributed by atoms with Crippen molar-refractivity contribution in [2.45, 2.75) is 4.90 Å². The molecule has 0 aliphatic heterocycles. The van der Waals surface area contributed by atoms with Gasteiger partial charge in [0.2, 0.25) is 5.78 Å². The van der Waals surface area contributed by atoms with Crippen LogP contribution in [0.3, 0.4) is 0 Å². The molecule has 0 spiro atoms. The van der Waals surface area contributed by atoms with Gasteiger partial charge in [-0.2, -0.15) is 0 Å². The smallest absolute Gasteiger partial charge is 0.208 e. The van der Waals surface area contributed by atoms with Gasteiger partial charge in [0.1, 0.15) is 0 Å². The number of furan rings is 1. The van der Waals surface area contributed by atoms with Crippen LogP contribution in [0, 0.1) is 5.82 Å². The molecule has 2 nitrogen and oxygen atoms in total. The standard InChI is InChI=1S/C16H10BrFO2S/c17-11-4-2-5-12(8-11)21-9-14(19)15-7-10-3-1-6-13(18)16(10)20-15/h1-8H,9H2. The van der Waals surface area contributed by atoms with Crippen LogP contribution in [0.5, 0.6) is 0 Å². The predicted octanol–water partition coefficient (Wildman–Crippen LogP) is 5.31. The van der Waals surface area contributed by atoms with E-state index in [9.17, 15) is 9.18 Å². The molecule has 21 heavy (non-hydrogen) atoms. The first-order valence-corrected chi connectivity index (χ1v) is 8.01. The highest BCUT2D eigenvalue weighted by molar-refractivity contribution is 9.10. The van der Waals surface area contributed by atoms with Crippen LogP contribution in [0.4, 0.5) is 4.39 Å². The molecule has 0 saturated heterocycles. The van der Waals surface area contributed by atoms with Gasteiger partial charge in [-0.1, -0.05) is 34.1 Å². The van der Waals surface area contributed by atoms with Gasteiger partial charge in [-0.05, 0) is 30.3 Å². The number of fused-ring (bicyclic) bond motifs is 1. The number of hydrogen-bond acceptors (Lipinski definition) is 3. The maximum Gasteiger partial charge on any atom is 0.208 e. The molecule has 0 aliphatic rings. The van der Waals surface area contributed by atoms with Crippen LogP contribution in [-0.2, 0) is 0 Å². The van der Waals surface area contributed by atoms with E-state index in [1.54, 1.807) is 18.2 Å².